The molecule has 0 atom stereocenters. The molecule has 2 aliphatic carbocycles. The molecule has 0 bridgehead atoms. The maximum Gasteiger partial charge on any atom is 0.231 e. The number of hydrogen-bond acceptors (Lipinski definition) is 2. The molecular weight excluding hydrogens is 436 g/mol. The molecule has 3 aromatic rings. The van der Waals surface area contributed by atoms with Crippen molar-refractivity contribution >= 4 is 21.5 Å². The third-order valence-electron chi connectivity index (χ3n) is 7.04. The van der Waals surface area contributed by atoms with Gasteiger partial charge in [-0.2, -0.15) is 0 Å². The molecular formula is C27H23BrO2. The smallest absolute Gasteiger partial charge is 0.231 e. The van der Waals surface area contributed by atoms with E-state index in [4.69, 9.17) is 9.47 Å². The van der Waals surface area contributed by atoms with Crippen molar-refractivity contribution in [1.29, 1.82) is 0 Å². The summed E-state index contributed by atoms with van der Waals surface area (Å²) < 4.78 is 12.5. The lowest BCUT2D eigenvalue weighted by Gasteiger charge is -2.36. The van der Waals surface area contributed by atoms with Gasteiger partial charge in [0.15, 0.2) is 11.5 Å². The van der Waals surface area contributed by atoms with Gasteiger partial charge in [0.25, 0.3) is 0 Å². The lowest BCUT2D eigenvalue weighted by atomic mass is 9.67. The highest BCUT2D eigenvalue weighted by Gasteiger charge is 2.44. The van der Waals surface area contributed by atoms with Crippen LogP contribution < -0.4 is 9.47 Å². The quantitative estimate of drug-likeness (QED) is 0.399. The molecule has 3 aromatic carbocycles. The Hall–Kier alpha value is -2.52. The molecule has 6 rings (SSSR count). The first kappa shape index (κ1) is 18.3. The van der Waals surface area contributed by atoms with E-state index in [0.29, 0.717) is 12.7 Å². The van der Waals surface area contributed by atoms with Crippen molar-refractivity contribution in [2.24, 2.45) is 5.41 Å². The third kappa shape index (κ3) is 2.30. The summed E-state index contributed by atoms with van der Waals surface area (Å²) in [5.74, 6) is 2.00. The summed E-state index contributed by atoms with van der Waals surface area (Å²) in [6, 6.07) is 20.0. The molecule has 0 unspecified atom stereocenters. The molecule has 0 saturated carbocycles. The molecule has 3 heteroatoms. The van der Waals surface area contributed by atoms with Crippen LogP contribution in [0.1, 0.15) is 48.9 Å². The van der Waals surface area contributed by atoms with E-state index in [1.807, 2.05) is 0 Å². The Balaban J connectivity index is 1.56. The second-order valence-corrected chi connectivity index (χ2v) is 9.90. The van der Waals surface area contributed by atoms with Crippen LogP contribution in [0.3, 0.4) is 0 Å². The highest BCUT2D eigenvalue weighted by atomic mass is 79.9. The minimum Gasteiger partial charge on any atom is -0.454 e. The molecule has 30 heavy (non-hydrogen) atoms. The highest BCUT2D eigenvalue weighted by molar-refractivity contribution is 9.10. The predicted molar refractivity (Wildman–Crippen MR) is 124 cm³/mol. The fourth-order valence-corrected chi connectivity index (χ4v) is 6.66. The average molecular weight is 459 g/mol. The zero-order valence-corrected chi connectivity index (χ0v) is 19.0. The van der Waals surface area contributed by atoms with Crippen LogP contribution in [0.2, 0.25) is 0 Å². The first-order chi connectivity index (χ1) is 14.5. The summed E-state index contributed by atoms with van der Waals surface area (Å²) in [7, 11) is 0. The van der Waals surface area contributed by atoms with Crippen molar-refractivity contribution in [2.45, 2.75) is 33.1 Å². The van der Waals surface area contributed by atoms with Crippen molar-refractivity contribution in [3.63, 3.8) is 0 Å². The maximum atomic E-state index is 5.76. The lowest BCUT2D eigenvalue weighted by molar-refractivity contribution is 0.173. The summed E-state index contributed by atoms with van der Waals surface area (Å²) in [5, 5.41) is 0. The second kappa shape index (κ2) is 6.24. The Morgan fingerprint density at radius 2 is 1.53 bits per heavy atom. The zero-order chi connectivity index (χ0) is 20.6. The SMILES string of the molecule is CC1=C(C(C)(C)C2c3ccccc3-c3ccccc32)c2cc3c(c(Br)c2C1)OCO3. The summed E-state index contributed by atoms with van der Waals surface area (Å²) in [6.07, 6.45) is 0.946. The monoisotopic (exact) mass is 458 g/mol. The lowest BCUT2D eigenvalue weighted by Crippen LogP contribution is -2.24. The van der Waals surface area contributed by atoms with E-state index in [1.165, 1.54) is 44.5 Å². The van der Waals surface area contributed by atoms with E-state index in [0.717, 1.165) is 22.4 Å². The molecule has 0 amide bonds. The highest BCUT2D eigenvalue weighted by Crippen LogP contribution is 2.60. The first-order valence-corrected chi connectivity index (χ1v) is 11.3. The zero-order valence-electron chi connectivity index (χ0n) is 17.4. The molecule has 0 N–H and O–H groups in total. The average Bonchev–Trinajstić information content (AvgIpc) is 3.42. The van der Waals surface area contributed by atoms with E-state index in [2.05, 4.69) is 91.3 Å². The molecule has 0 fully saturated rings. The molecule has 150 valence electrons. The van der Waals surface area contributed by atoms with Gasteiger partial charge in [0.05, 0.1) is 4.47 Å². The van der Waals surface area contributed by atoms with E-state index in [1.54, 1.807) is 0 Å². The van der Waals surface area contributed by atoms with Gasteiger partial charge in [-0.05, 0) is 74.3 Å². The van der Waals surface area contributed by atoms with Crippen LogP contribution in [-0.4, -0.2) is 6.79 Å². The Morgan fingerprint density at radius 3 is 2.20 bits per heavy atom. The fourth-order valence-electron chi connectivity index (χ4n) is 5.99. The van der Waals surface area contributed by atoms with Crippen molar-refractivity contribution < 1.29 is 9.47 Å². The Labute approximate surface area is 185 Å². The molecule has 1 aliphatic heterocycles. The number of hydrogen-bond donors (Lipinski definition) is 0. The van der Waals surface area contributed by atoms with Crippen LogP contribution >= 0.6 is 15.9 Å². The van der Waals surface area contributed by atoms with Crippen molar-refractivity contribution in [3.8, 4) is 22.6 Å². The number of rotatable bonds is 2. The van der Waals surface area contributed by atoms with E-state index in [9.17, 15) is 0 Å². The Bertz CT molecular complexity index is 1210. The van der Waals surface area contributed by atoms with Crippen LogP contribution in [0.4, 0.5) is 0 Å². The number of fused-ring (bicyclic) bond motifs is 5. The van der Waals surface area contributed by atoms with Gasteiger partial charge in [-0.3, -0.25) is 0 Å². The van der Waals surface area contributed by atoms with Gasteiger partial charge >= 0.3 is 0 Å². The summed E-state index contributed by atoms with van der Waals surface area (Å²) >= 11 is 3.81. The molecule has 0 spiro atoms. The number of allylic oxidation sites excluding steroid dienone is 2. The number of benzene rings is 3. The van der Waals surface area contributed by atoms with Crippen LogP contribution in [0.5, 0.6) is 11.5 Å². The maximum absolute atomic E-state index is 5.76. The van der Waals surface area contributed by atoms with E-state index >= 15 is 0 Å². The van der Waals surface area contributed by atoms with E-state index in [-0.39, 0.29) is 5.41 Å². The normalized spacial score (nSPS) is 16.7. The molecule has 1 heterocycles. The van der Waals surface area contributed by atoms with Gasteiger partial charge in [0.1, 0.15) is 0 Å². The Kier molecular flexibility index (Phi) is 3.80. The van der Waals surface area contributed by atoms with E-state index < -0.39 is 0 Å². The van der Waals surface area contributed by atoms with Crippen molar-refractivity contribution in [3.05, 3.63) is 86.9 Å². The van der Waals surface area contributed by atoms with Gasteiger partial charge < -0.3 is 9.47 Å². The minimum absolute atomic E-state index is 0.0782. The first-order valence-electron chi connectivity index (χ1n) is 10.5. The fraction of sp³-hybridized carbons (Fsp3) is 0.259. The molecule has 2 nitrogen and oxygen atoms in total. The molecule has 0 radical (unpaired) electrons. The van der Waals surface area contributed by atoms with Gasteiger partial charge in [-0.15, -0.1) is 0 Å². The number of halogens is 1. The van der Waals surface area contributed by atoms with Crippen LogP contribution in [0, 0.1) is 5.41 Å². The van der Waals surface area contributed by atoms with Crippen molar-refractivity contribution in [2.75, 3.05) is 6.79 Å². The summed E-state index contributed by atoms with van der Waals surface area (Å²) in [5.41, 5.74) is 11.0. The minimum atomic E-state index is -0.0782. The van der Waals surface area contributed by atoms with Gasteiger partial charge in [-0.1, -0.05) is 68.0 Å². The molecule has 0 aromatic heterocycles. The Morgan fingerprint density at radius 1 is 0.900 bits per heavy atom. The van der Waals surface area contributed by atoms with Crippen LogP contribution in [-0.2, 0) is 6.42 Å². The largest absolute Gasteiger partial charge is 0.454 e. The molecule has 0 saturated heterocycles. The van der Waals surface area contributed by atoms with Crippen LogP contribution in [0.25, 0.3) is 16.7 Å². The number of ether oxygens (including phenoxy) is 2. The molecule has 3 aliphatic rings. The van der Waals surface area contributed by atoms with Gasteiger partial charge in [0, 0.05) is 11.3 Å². The van der Waals surface area contributed by atoms with Crippen LogP contribution in [0.15, 0.2) is 64.6 Å². The van der Waals surface area contributed by atoms with Gasteiger partial charge in [0.2, 0.25) is 6.79 Å². The summed E-state index contributed by atoms with van der Waals surface area (Å²) in [6.45, 7) is 7.39. The summed E-state index contributed by atoms with van der Waals surface area (Å²) in [4.78, 5) is 0. The second-order valence-electron chi connectivity index (χ2n) is 9.11. The standard InChI is InChI=1S/C27H23BrO2/c1-15-12-21-20(13-22-26(25(21)28)30-14-29-22)23(15)27(2,3)24-18-10-6-4-8-16(18)17-9-5-7-11-19(17)24/h4-11,13,24H,12,14H2,1-3H3. The third-order valence-corrected chi connectivity index (χ3v) is 7.88. The topological polar surface area (TPSA) is 18.5 Å². The van der Waals surface area contributed by atoms with Crippen molar-refractivity contribution in [1.82, 2.24) is 0 Å². The predicted octanol–water partition coefficient (Wildman–Crippen LogP) is 7.35. The van der Waals surface area contributed by atoms with Gasteiger partial charge in [-0.25, -0.2) is 0 Å².